The number of nitrogens with two attached hydrogens (primary N) is 1. The first-order chi connectivity index (χ1) is 7.59. The van der Waals surface area contributed by atoms with E-state index in [0.29, 0.717) is 6.54 Å². The molecule has 0 saturated heterocycles. The van der Waals surface area contributed by atoms with Crippen molar-refractivity contribution in [3.8, 4) is 0 Å². The lowest BCUT2D eigenvalue weighted by molar-refractivity contribution is 0.546. The Bertz CT molecular complexity index is 405. The molecule has 1 aromatic carbocycles. The molecule has 4 N–H and O–H groups in total. The number of hydrogen-bond donors (Lipinski definition) is 3. The van der Waals surface area contributed by atoms with Gasteiger partial charge in [-0.1, -0.05) is 37.3 Å². The second-order valence-corrected chi connectivity index (χ2v) is 4.85. The third kappa shape index (κ3) is 3.90. The van der Waals surface area contributed by atoms with Crippen LogP contribution in [0.5, 0.6) is 0 Å². The summed E-state index contributed by atoms with van der Waals surface area (Å²) in [4.78, 5) is 0. The van der Waals surface area contributed by atoms with Crippen LogP contribution in [0.25, 0.3) is 0 Å². The maximum atomic E-state index is 11.5. The van der Waals surface area contributed by atoms with Crippen LogP contribution in [0.1, 0.15) is 18.5 Å². The molecule has 90 valence electrons. The van der Waals surface area contributed by atoms with Crippen molar-refractivity contribution in [2.75, 3.05) is 13.1 Å². The van der Waals surface area contributed by atoms with Gasteiger partial charge in [0.05, 0.1) is 6.04 Å². The van der Waals surface area contributed by atoms with Crippen molar-refractivity contribution >= 4 is 10.2 Å². The molecule has 6 heteroatoms. The van der Waals surface area contributed by atoms with Crippen molar-refractivity contribution in [3.05, 3.63) is 35.9 Å². The van der Waals surface area contributed by atoms with Gasteiger partial charge in [0, 0.05) is 13.1 Å². The number of benzene rings is 1. The molecule has 0 radical (unpaired) electrons. The first kappa shape index (κ1) is 13.1. The minimum atomic E-state index is -3.47. The van der Waals surface area contributed by atoms with Gasteiger partial charge < -0.3 is 5.73 Å². The predicted molar refractivity (Wildman–Crippen MR) is 64.0 cm³/mol. The van der Waals surface area contributed by atoms with E-state index in [0.717, 1.165) is 5.56 Å². The fraction of sp³-hybridized carbons (Fsp3) is 0.400. The van der Waals surface area contributed by atoms with E-state index in [1.807, 2.05) is 30.3 Å². The van der Waals surface area contributed by atoms with Crippen molar-refractivity contribution in [2.24, 2.45) is 5.73 Å². The van der Waals surface area contributed by atoms with Gasteiger partial charge in [-0.3, -0.25) is 0 Å². The summed E-state index contributed by atoms with van der Waals surface area (Å²) in [5, 5.41) is 0. The highest BCUT2D eigenvalue weighted by molar-refractivity contribution is 7.87. The Hall–Kier alpha value is -0.950. The van der Waals surface area contributed by atoms with E-state index >= 15 is 0 Å². The monoisotopic (exact) mass is 243 g/mol. The van der Waals surface area contributed by atoms with Gasteiger partial charge in [0.25, 0.3) is 10.2 Å². The quantitative estimate of drug-likeness (QED) is 0.664. The van der Waals surface area contributed by atoms with Crippen LogP contribution in [-0.4, -0.2) is 21.5 Å². The standard InChI is InChI=1S/C10H17N3O2S/c1-2-12-16(14,15)13-10(8-11)9-6-4-3-5-7-9/h3-7,10,12-13H,2,8,11H2,1H3. The molecule has 0 heterocycles. The molecule has 0 aromatic heterocycles. The minimum absolute atomic E-state index is 0.217. The molecular formula is C10H17N3O2S. The third-order valence-electron chi connectivity index (χ3n) is 2.07. The van der Waals surface area contributed by atoms with E-state index in [9.17, 15) is 8.42 Å². The Morgan fingerprint density at radius 2 is 1.94 bits per heavy atom. The van der Waals surface area contributed by atoms with Gasteiger partial charge in [-0.15, -0.1) is 0 Å². The largest absolute Gasteiger partial charge is 0.329 e. The molecule has 5 nitrogen and oxygen atoms in total. The summed E-state index contributed by atoms with van der Waals surface area (Å²) in [5.41, 5.74) is 6.41. The molecule has 1 atom stereocenters. The highest BCUT2D eigenvalue weighted by Crippen LogP contribution is 2.11. The molecule has 1 unspecified atom stereocenters. The fourth-order valence-corrected chi connectivity index (χ4v) is 2.43. The summed E-state index contributed by atoms with van der Waals surface area (Å²) >= 11 is 0. The van der Waals surface area contributed by atoms with E-state index in [-0.39, 0.29) is 6.54 Å². The lowest BCUT2D eigenvalue weighted by Gasteiger charge is -2.17. The van der Waals surface area contributed by atoms with Gasteiger partial charge in [0.1, 0.15) is 0 Å². The highest BCUT2D eigenvalue weighted by atomic mass is 32.2. The number of rotatable bonds is 6. The topological polar surface area (TPSA) is 84.2 Å². The molecule has 1 aromatic rings. The van der Waals surface area contributed by atoms with E-state index in [4.69, 9.17) is 5.73 Å². The van der Waals surface area contributed by atoms with E-state index in [1.54, 1.807) is 6.92 Å². The van der Waals surface area contributed by atoms with Crippen LogP contribution < -0.4 is 15.2 Å². The smallest absolute Gasteiger partial charge is 0.277 e. The molecule has 0 aliphatic heterocycles. The molecule has 0 aliphatic rings. The first-order valence-corrected chi connectivity index (χ1v) is 6.59. The summed E-state index contributed by atoms with van der Waals surface area (Å²) in [6, 6.07) is 8.85. The normalized spacial score (nSPS) is 13.6. The van der Waals surface area contributed by atoms with E-state index in [2.05, 4.69) is 9.44 Å². The summed E-state index contributed by atoms with van der Waals surface area (Å²) in [6.45, 7) is 2.29. The lowest BCUT2D eigenvalue weighted by atomic mass is 10.1. The van der Waals surface area contributed by atoms with E-state index in [1.165, 1.54) is 0 Å². The summed E-state index contributed by atoms with van der Waals surface area (Å²) < 4.78 is 27.8. The second-order valence-electron chi connectivity index (χ2n) is 3.32. The predicted octanol–water partition coefficient (Wildman–Crippen LogP) is 0.130. The van der Waals surface area contributed by atoms with Crippen LogP contribution in [0.3, 0.4) is 0 Å². The van der Waals surface area contributed by atoms with Gasteiger partial charge >= 0.3 is 0 Å². The minimum Gasteiger partial charge on any atom is -0.329 e. The van der Waals surface area contributed by atoms with Crippen molar-refractivity contribution in [1.82, 2.24) is 9.44 Å². The molecule has 0 bridgehead atoms. The maximum absolute atomic E-state index is 11.5. The third-order valence-corrected chi connectivity index (χ3v) is 3.33. The number of hydrogen-bond acceptors (Lipinski definition) is 3. The molecular weight excluding hydrogens is 226 g/mol. The molecule has 0 spiro atoms. The van der Waals surface area contributed by atoms with Crippen LogP contribution in [0, 0.1) is 0 Å². The Kier molecular flexibility index (Phi) is 4.88. The van der Waals surface area contributed by atoms with Gasteiger partial charge in [0.15, 0.2) is 0 Å². The zero-order valence-electron chi connectivity index (χ0n) is 9.18. The first-order valence-electron chi connectivity index (χ1n) is 5.11. The van der Waals surface area contributed by atoms with Gasteiger partial charge in [-0.05, 0) is 5.56 Å². The highest BCUT2D eigenvalue weighted by Gasteiger charge is 2.16. The van der Waals surface area contributed by atoms with Gasteiger partial charge in [-0.2, -0.15) is 13.1 Å². The van der Waals surface area contributed by atoms with Crippen LogP contribution in [-0.2, 0) is 10.2 Å². The average molecular weight is 243 g/mol. The summed E-state index contributed by atoms with van der Waals surface area (Å²) in [5.74, 6) is 0. The van der Waals surface area contributed by atoms with Crippen LogP contribution in [0.4, 0.5) is 0 Å². The molecule has 1 rings (SSSR count). The van der Waals surface area contributed by atoms with Crippen molar-refractivity contribution in [3.63, 3.8) is 0 Å². The lowest BCUT2D eigenvalue weighted by Crippen LogP contribution is -2.41. The van der Waals surface area contributed by atoms with Crippen LogP contribution in [0.15, 0.2) is 30.3 Å². The maximum Gasteiger partial charge on any atom is 0.277 e. The van der Waals surface area contributed by atoms with Crippen LogP contribution in [0.2, 0.25) is 0 Å². The molecule has 0 aliphatic carbocycles. The van der Waals surface area contributed by atoms with Crippen molar-refractivity contribution in [2.45, 2.75) is 13.0 Å². The Balaban J connectivity index is 2.78. The van der Waals surface area contributed by atoms with Crippen LogP contribution >= 0.6 is 0 Å². The zero-order valence-corrected chi connectivity index (χ0v) is 10.00. The molecule has 0 fully saturated rings. The fourth-order valence-electron chi connectivity index (χ4n) is 1.36. The molecule has 0 saturated carbocycles. The molecule has 0 amide bonds. The Morgan fingerprint density at radius 1 is 1.31 bits per heavy atom. The van der Waals surface area contributed by atoms with E-state index < -0.39 is 16.3 Å². The average Bonchev–Trinajstić information content (AvgIpc) is 2.27. The number of nitrogens with one attached hydrogen (secondary N) is 2. The van der Waals surface area contributed by atoms with Crippen molar-refractivity contribution < 1.29 is 8.42 Å². The molecule has 16 heavy (non-hydrogen) atoms. The van der Waals surface area contributed by atoms with Gasteiger partial charge in [-0.25, -0.2) is 4.72 Å². The van der Waals surface area contributed by atoms with Crippen molar-refractivity contribution in [1.29, 1.82) is 0 Å². The summed E-state index contributed by atoms with van der Waals surface area (Å²) in [7, 11) is -3.47. The summed E-state index contributed by atoms with van der Waals surface area (Å²) in [6.07, 6.45) is 0. The Morgan fingerprint density at radius 3 is 2.44 bits per heavy atom. The SMILES string of the molecule is CCNS(=O)(=O)NC(CN)c1ccccc1. The zero-order chi connectivity index (χ0) is 12.0. The van der Waals surface area contributed by atoms with Gasteiger partial charge in [0.2, 0.25) is 0 Å². The second kappa shape index (κ2) is 5.95. The Labute approximate surface area is 96.2 Å².